The van der Waals surface area contributed by atoms with Crippen molar-refractivity contribution in [3.05, 3.63) is 46.8 Å². The van der Waals surface area contributed by atoms with Crippen molar-refractivity contribution in [1.82, 2.24) is 9.97 Å². The predicted molar refractivity (Wildman–Crippen MR) is 71.0 cm³/mol. The lowest BCUT2D eigenvalue weighted by atomic mass is 10.3. The summed E-state index contributed by atoms with van der Waals surface area (Å²) in [4.78, 5) is 5.34. The van der Waals surface area contributed by atoms with Gasteiger partial charge in [0.05, 0.1) is 11.1 Å². The van der Waals surface area contributed by atoms with Crippen molar-refractivity contribution in [3.8, 4) is 5.75 Å². The van der Waals surface area contributed by atoms with Crippen molar-refractivity contribution in [2.75, 3.05) is 0 Å². The van der Waals surface area contributed by atoms with E-state index in [1.807, 2.05) is 0 Å². The van der Waals surface area contributed by atoms with Gasteiger partial charge >= 0.3 is 6.18 Å². The van der Waals surface area contributed by atoms with Crippen molar-refractivity contribution < 1.29 is 31.1 Å². The maximum absolute atomic E-state index is 13.2. The largest absolute Gasteiger partial charge is 0.504 e. The summed E-state index contributed by atoms with van der Waals surface area (Å²) >= 11 is 5.55. The van der Waals surface area contributed by atoms with Crippen LogP contribution in [-0.4, -0.2) is 23.5 Å². The summed E-state index contributed by atoms with van der Waals surface area (Å²) in [5.41, 5.74) is -0.757. The standard InChI is InChI=1S/C12H7ClF4N2O3S/c13-6-1-7(14)3-8(2-6)23(21,22)5-9-10(20)4-18-11(19-9)12(15,16)17/h1-4,20H,5H2. The second-order valence-corrected chi connectivity index (χ2v) is 6.81. The molecule has 124 valence electrons. The van der Waals surface area contributed by atoms with E-state index >= 15 is 0 Å². The summed E-state index contributed by atoms with van der Waals surface area (Å²) in [6.45, 7) is 0. The van der Waals surface area contributed by atoms with Crippen LogP contribution in [0, 0.1) is 5.82 Å². The lowest BCUT2D eigenvalue weighted by Crippen LogP contribution is -2.14. The highest BCUT2D eigenvalue weighted by Gasteiger charge is 2.35. The lowest BCUT2D eigenvalue weighted by Gasteiger charge is -2.09. The highest BCUT2D eigenvalue weighted by atomic mass is 35.5. The molecule has 2 aromatic rings. The second-order valence-electron chi connectivity index (χ2n) is 4.39. The van der Waals surface area contributed by atoms with Crippen molar-refractivity contribution in [1.29, 1.82) is 0 Å². The molecule has 0 fully saturated rings. The first-order valence-electron chi connectivity index (χ1n) is 5.80. The molecule has 0 aliphatic rings. The third-order valence-electron chi connectivity index (χ3n) is 2.62. The molecule has 0 radical (unpaired) electrons. The number of benzene rings is 1. The summed E-state index contributed by atoms with van der Waals surface area (Å²) in [5.74, 6) is -4.44. The second kappa shape index (κ2) is 5.93. The van der Waals surface area contributed by atoms with Gasteiger partial charge in [-0.2, -0.15) is 13.2 Å². The molecule has 0 spiro atoms. The zero-order chi connectivity index (χ0) is 17.4. The highest BCUT2D eigenvalue weighted by molar-refractivity contribution is 7.90. The van der Waals surface area contributed by atoms with Gasteiger partial charge in [0, 0.05) is 5.02 Å². The fourth-order valence-corrected chi connectivity index (χ4v) is 3.25. The van der Waals surface area contributed by atoms with E-state index in [4.69, 9.17) is 11.6 Å². The van der Waals surface area contributed by atoms with E-state index in [0.29, 0.717) is 12.3 Å². The van der Waals surface area contributed by atoms with E-state index in [-0.39, 0.29) is 5.02 Å². The minimum atomic E-state index is -4.91. The number of halogens is 5. The molecule has 1 heterocycles. The van der Waals surface area contributed by atoms with Crippen LogP contribution in [0.25, 0.3) is 0 Å². The number of aromatic hydroxyl groups is 1. The van der Waals surface area contributed by atoms with Crippen LogP contribution in [-0.2, 0) is 21.8 Å². The quantitative estimate of drug-likeness (QED) is 0.840. The molecule has 0 aliphatic heterocycles. The average Bonchev–Trinajstić information content (AvgIpc) is 2.38. The highest BCUT2D eigenvalue weighted by Crippen LogP contribution is 2.29. The Bertz CT molecular complexity index is 836. The minimum Gasteiger partial charge on any atom is -0.504 e. The number of nitrogens with zero attached hydrogens (tertiary/aromatic N) is 2. The topological polar surface area (TPSA) is 80.2 Å². The molecule has 2 rings (SSSR count). The maximum atomic E-state index is 13.2. The molecule has 5 nitrogen and oxygen atoms in total. The first-order valence-corrected chi connectivity index (χ1v) is 7.83. The van der Waals surface area contributed by atoms with Gasteiger partial charge < -0.3 is 5.11 Å². The Balaban J connectivity index is 2.45. The first kappa shape index (κ1) is 17.4. The molecule has 0 saturated carbocycles. The molecule has 0 unspecified atom stereocenters. The van der Waals surface area contributed by atoms with E-state index in [0.717, 1.165) is 12.1 Å². The Hall–Kier alpha value is -1.94. The zero-order valence-corrected chi connectivity index (χ0v) is 12.5. The van der Waals surface area contributed by atoms with Crippen LogP contribution in [0.1, 0.15) is 11.5 Å². The Morgan fingerprint density at radius 3 is 2.43 bits per heavy atom. The van der Waals surface area contributed by atoms with Gasteiger partial charge in [-0.15, -0.1) is 0 Å². The average molecular weight is 371 g/mol. The van der Waals surface area contributed by atoms with Gasteiger partial charge in [0.2, 0.25) is 5.82 Å². The minimum absolute atomic E-state index is 0.202. The fraction of sp³-hybridized carbons (Fsp3) is 0.167. The van der Waals surface area contributed by atoms with Crippen molar-refractivity contribution in [2.24, 2.45) is 0 Å². The summed E-state index contributed by atoms with van der Waals surface area (Å²) in [6.07, 6.45) is -4.46. The molecule has 0 bridgehead atoms. The summed E-state index contributed by atoms with van der Waals surface area (Å²) in [6, 6.07) is 2.46. The summed E-state index contributed by atoms with van der Waals surface area (Å²) in [5, 5.41) is 9.26. The van der Waals surface area contributed by atoms with Crippen molar-refractivity contribution in [2.45, 2.75) is 16.8 Å². The van der Waals surface area contributed by atoms with Crippen LogP contribution < -0.4 is 0 Å². The maximum Gasteiger partial charge on any atom is 0.451 e. The summed E-state index contributed by atoms with van der Waals surface area (Å²) < 4.78 is 75.1. The monoisotopic (exact) mass is 370 g/mol. The third-order valence-corrected chi connectivity index (χ3v) is 4.45. The summed E-state index contributed by atoms with van der Waals surface area (Å²) in [7, 11) is -4.29. The number of aromatic nitrogens is 2. The molecule has 1 aromatic carbocycles. The van der Waals surface area contributed by atoms with Crippen LogP contribution in [0.5, 0.6) is 5.75 Å². The predicted octanol–water partition coefficient (Wildman–Crippen LogP) is 2.97. The van der Waals surface area contributed by atoms with Crippen LogP contribution in [0.3, 0.4) is 0 Å². The molecule has 23 heavy (non-hydrogen) atoms. The van der Waals surface area contributed by atoms with Gasteiger partial charge in [0.1, 0.15) is 17.3 Å². The van der Waals surface area contributed by atoms with Gasteiger partial charge in [0.15, 0.2) is 15.6 Å². The zero-order valence-electron chi connectivity index (χ0n) is 11.0. The molecule has 11 heteroatoms. The molecule has 0 atom stereocenters. The van der Waals surface area contributed by atoms with Gasteiger partial charge in [-0.05, 0) is 18.2 Å². The normalized spacial score (nSPS) is 12.4. The Labute approximate surface area is 132 Å². The van der Waals surface area contributed by atoms with Gasteiger partial charge in [-0.1, -0.05) is 11.6 Å². The van der Waals surface area contributed by atoms with Crippen LogP contribution >= 0.6 is 11.6 Å². The van der Waals surface area contributed by atoms with Gasteiger partial charge in [0.25, 0.3) is 0 Å². The Morgan fingerprint density at radius 2 is 1.87 bits per heavy atom. The number of alkyl halides is 3. The SMILES string of the molecule is O=S(=O)(Cc1nc(C(F)(F)F)ncc1O)c1cc(F)cc(Cl)c1. The smallest absolute Gasteiger partial charge is 0.451 e. The Morgan fingerprint density at radius 1 is 1.22 bits per heavy atom. The third kappa shape index (κ3) is 4.08. The van der Waals surface area contributed by atoms with Crippen LogP contribution in [0.4, 0.5) is 17.6 Å². The van der Waals surface area contributed by atoms with E-state index in [9.17, 15) is 31.1 Å². The van der Waals surface area contributed by atoms with Crippen molar-refractivity contribution in [3.63, 3.8) is 0 Å². The molecule has 1 N–H and O–H groups in total. The van der Waals surface area contributed by atoms with Gasteiger partial charge in [-0.25, -0.2) is 22.8 Å². The molecule has 0 saturated heterocycles. The number of hydrogen-bond acceptors (Lipinski definition) is 5. The molecule has 0 aliphatic carbocycles. The molecule has 1 aromatic heterocycles. The van der Waals surface area contributed by atoms with E-state index in [1.54, 1.807) is 0 Å². The fourth-order valence-electron chi connectivity index (χ4n) is 1.62. The first-order chi connectivity index (χ1) is 10.5. The number of sulfone groups is 1. The van der Waals surface area contributed by atoms with E-state index < -0.39 is 49.7 Å². The van der Waals surface area contributed by atoms with Crippen LogP contribution in [0.2, 0.25) is 5.02 Å². The molecule has 0 amide bonds. The van der Waals surface area contributed by atoms with Crippen LogP contribution in [0.15, 0.2) is 29.3 Å². The molecular weight excluding hydrogens is 364 g/mol. The van der Waals surface area contributed by atoms with E-state index in [1.165, 1.54) is 0 Å². The Kier molecular flexibility index (Phi) is 4.49. The van der Waals surface area contributed by atoms with E-state index in [2.05, 4.69) is 9.97 Å². The number of hydrogen-bond donors (Lipinski definition) is 1. The molecular formula is C12H7ClF4N2O3S. The number of rotatable bonds is 3. The van der Waals surface area contributed by atoms with Gasteiger partial charge in [-0.3, -0.25) is 0 Å². The van der Waals surface area contributed by atoms with Crippen molar-refractivity contribution >= 4 is 21.4 Å². The lowest BCUT2D eigenvalue weighted by molar-refractivity contribution is -0.145.